The standard InChI is InChI=1S/C11H16N2O3/c1-15-8-16-7-10(12)13-11(14)9-5-3-2-4-6-9/h2-6,10H,7-8,12H2,1H3,(H,13,14). The predicted octanol–water partition coefficient (Wildman–Crippen LogP) is 0.322. The van der Waals surface area contributed by atoms with Crippen molar-refractivity contribution in [3.8, 4) is 0 Å². The van der Waals surface area contributed by atoms with Crippen molar-refractivity contribution in [3.05, 3.63) is 35.9 Å². The third kappa shape index (κ3) is 4.39. The molecule has 0 fully saturated rings. The van der Waals surface area contributed by atoms with E-state index in [9.17, 15) is 4.79 Å². The van der Waals surface area contributed by atoms with E-state index in [-0.39, 0.29) is 19.3 Å². The van der Waals surface area contributed by atoms with Crippen LogP contribution in [0.25, 0.3) is 0 Å². The van der Waals surface area contributed by atoms with E-state index < -0.39 is 6.17 Å². The molecule has 1 unspecified atom stereocenters. The van der Waals surface area contributed by atoms with Crippen molar-refractivity contribution in [2.75, 3.05) is 20.5 Å². The molecule has 16 heavy (non-hydrogen) atoms. The molecule has 0 aliphatic carbocycles. The maximum Gasteiger partial charge on any atom is 0.252 e. The number of carbonyl (C=O) groups excluding carboxylic acids is 1. The van der Waals surface area contributed by atoms with Crippen molar-refractivity contribution in [1.29, 1.82) is 0 Å². The lowest BCUT2D eigenvalue weighted by atomic mass is 10.2. The second-order valence-corrected chi connectivity index (χ2v) is 3.22. The van der Waals surface area contributed by atoms with E-state index in [2.05, 4.69) is 5.32 Å². The molecule has 0 radical (unpaired) electrons. The molecule has 5 heteroatoms. The smallest absolute Gasteiger partial charge is 0.252 e. The molecule has 0 heterocycles. The molecule has 1 aromatic carbocycles. The summed E-state index contributed by atoms with van der Waals surface area (Å²) < 4.78 is 9.71. The Hall–Kier alpha value is -1.43. The molecule has 1 amide bonds. The first kappa shape index (κ1) is 12.6. The molecule has 0 saturated carbocycles. The van der Waals surface area contributed by atoms with E-state index in [1.807, 2.05) is 6.07 Å². The third-order valence-electron chi connectivity index (χ3n) is 1.85. The van der Waals surface area contributed by atoms with Gasteiger partial charge < -0.3 is 20.5 Å². The second kappa shape index (κ2) is 6.95. The number of amides is 1. The number of hydrogen-bond acceptors (Lipinski definition) is 4. The topological polar surface area (TPSA) is 73.6 Å². The van der Waals surface area contributed by atoms with Gasteiger partial charge in [0.25, 0.3) is 5.91 Å². The van der Waals surface area contributed by atoms with E-state index in [0.29, 0.717) is 5.56 Å². The van der Waals surface area contributed by atoms with Crippen molar-refractivity contribution >= 4 is 5.91 Å². The van der Waals surface area contributed by atoms with Gasteiger partial charge in [0.15, 0.2) is 0 Å². The van der Waals surface area contributed by atoms with Crippen LogP contribution in [-0.2, 0) is 9.47 Å². The Kier molecular flexibility index (Phi) is 5.49. The maximum atomic E-state index is 11.6. The van der Waals surface area contributed by atoms with Crippen molar-refractivity contribution < 1.29 is 14.3 Å². The van der Waals surface area contributed by atoms with Crippen LogP contribution in [0, 0.1) is 0 Å². The fraction of sp³-hybridized carbons (Fsp3) is 0.364. The quantitative estimate of drug-likeness (QED) is 0.539. The fourth-order valence-corrected chi connectivity index (χ4v) is 1.14. The molecule has 0 aliphatic heterocycles. The summed E-state index contributed by atoms with van der Waals surface area (Å²) in [4.78, 5) is 11.6. The zero-order valence-electron chi connectivity index (χ0n) is 9.18. The number of nitrogens with one attached hydrogen (secondary N) is 1. The Labute approximate surface area is 94.5 Å². The summed E-state index contributed by atoms with van der Waals surface area (Å²) in [6.07, 6.45) is -0.539. The van der Waals surface area contributed by atoms with Crippen LogP contribution in [0.15, 0.2) is 30.3 Å². The summed E-state index contributed by atoms with van der Waals surface area (Å²) in [6.45, 7) is 0.376. The highest BCUT2D eigenvalue weighted by Crippen LogP contribution is 1.97. The zero-order chi connectivity index (χ0) is 11.8. The lowest BCUT2D eigenvalue weighted by molar-refractivity contribution is -0.0369. The van der Waals surface area contributed by atoms with E-state index in [1.54, 1.807) is 24.3 Å². The molecular weight excluding hydrogens is 208 g/mol. The van der Waals surface area contributed by atoms with Gasteiger partial charge >= 0.3 is 0 Å². The van der Waals surface area contributed by atoms with Crippen LogP contribution in [0.3, 0.4) is 0 Å². The minimum absolute atomic E-state index is 0.162. The summed E-state index contributed by atoms with van der Waals surface area (Å²) >= 11 is 0. The fourth-order valence-electron chi connectivity index (χ4n) is 1.14. The molecule has 5 nitrogen and oxygen atoms in total. The Morgan fingerprint density at radius 3 is 2.75 bits per heavy atom. The number of rotatable bonds is 6. The molecule has 1 atom stereocenters. The molecule has 0 spiro atoms. The van der Waals surface area contributed by atoms with Gasteiger partial charge in [-0.1, -0.05) is 18.2 Å². The lowest BCUT2D eigenvalue weighted by Crippen LogP contribution is -2.44. The van der Waals surface area contributed by atoms with Gasteiger partial charge in [-0.05, 0) is 12.1 Å². The first-order valence-electron chi connectivity index (χ1n) is 4.92. The highest BCUT2D eigenvalue weighted by Gasteiger charge is 2.09. The van der Waals surface area contributed by atoms with Gasteiger partial charge in [-0.3, -0.25) is 4.79 Å². The van der Waals surface area contributed by atoms with E-state index in [4.69, 9.17) is 15.2 Å². The Morgan fingerprint density at radius 1 is 1.44 bits per heavy atom. The lowest BCUT2D eigenvalue weighted by Gasteiger charge is -2.13. The van der Waals surface area contributed by atoms with Crippen molar-refractivity contribution in [2.45, 2.75) is 6.17 Å². The number of benzene rings is 1. The van der Waals surface area contributed by atoms with Crippen LogP contribution in [0.2, 0.25) is 0 Å². The molecule has 1 aromatic rings. The molecule has 88 valence electrons. The van der Waals surface area contributed by atoms with Gasteiger partial charge in [0.1, 0.15) is 13.0 Å². The molecule has 0 saturated heterocycles. The van der Waals surface area contributed by atoms with E-state index in [1.165, 1.54) is 7.11 Å². The number of methoxy groups -OCH3 is 1. The minimum Gasteiger partial charge on any atom is -0.359 e. The van der Waals surface area contributed by atoms with Crippen molar-refractivity contribution in [1.82, 2.24) is 5.32 Å². The van der Waals surface area contributed by atoms with E-state index >= 15 is 0 Å². The molecule has 1 rings (SSSR count). The average molecular weight is 224 g/mol. The second-order valence-electron chi connectivity index (χ2n) is 3.22. The Balaban J connectivity index is 2.34. The highest BCUT2D eigenvalue weighted by atomic mass is 16.7. The monoisotopic (exact) mass is 224 g/mol. The van der Waals surface area contributed by atoms with Crippen molar-refractivity contribution in [3.63, 3.8) is 0 Å². The highest BCUT2D eigenvalue weighted by molar-refractivity contribution is 5.94. The van der Waals surface area contributed by atoms with E-state index in [0.717, 1.165) is 0 Å². The van der Waals surface area contributed by atoms with Gasteiger partial charge in [-0.15, -0.1) is 0 Å². The SMILES string of the molecule is COCOCC(N)NC(=O)c1ccccc1. The zero-order valence-corrected chi connectivity index (χ0v) is 9.18. The van der Waals surface area contributed by atoms with Crippen LogP contribution >= 0.6 is 0 Å². The third-order valence-corrected chi connectivity index (χ3v) is 1.85. The van der Waals surface area contributed by atoms with Gasteiger partial charge in [0.2, 0.25) is 0 Å². The molecule has 3 N–H and O–H groups in total. The van der Waals surface area contributed by atoms with Crippen molar-refractivity contribution in [2.24, 2.45) is 5.73 Å². The minimum atomic E-state index is -0.539. The molecule has 0 aliphatic rings. The van der Waals surface area contributed by atoms with Crippen LogP contribution in [-0.4, -0.2) is 32.6 Å². The van der Waals surface area contributed by atoms with Crippen LogP contribution < -0.4 is 11.1 Å². The van der Waals surface area contributed by atoms with Crippen LogP contribution in [0.1, 0.15) is 10.4 Å². The number of nitrogens with two attached hydrogens (primary N) is 1. The van der Waals surface area contributed by atoms with Crippen LogP contribution in [0.4, 0.5) is 0 Å². The van der Waals surface area contributed by atoms with Gasteiger partial charge in [0.05, 0.1) is 6.61 Å². The largest absolute Gasteiger partial charge is 0.359 e. The molecule has 0 aromatic heterocycles. The van der Waals surface area contributed by atoms with Gasteiger partial charge in [-0.2, -0.15) is 0 Å². The van der Waals surface area contributed by atoms with Gasteiger partial charge in [0, 0.05) is 12.7 Å². The number of hydrogen-bond donors (Lipinski definition) is 2. The first-order valence-corrected chi connectivity index (χ1v) is 4.92. The summed E-state index contributed by atoms with van der Waals surface area (Å²) in [5.74, 6) is -0.214. The number of carbonyl (C=O) groups is 1. The summed E-state index contributed by atoms with van der Waals surface area (Å²) in [6, 6.07) is 8.87. The molecule has 0 bridgehead atoms. The Bertz CT molecular complexity index is 316. The summed E-state index contributed by atoms with van der Waals surface area (Å²) in [7, 11) is 1.52. The Morgan fingerprint density at radius 2 is 2.12 bits per heavy atom. The average Bonchev–Trinajstić information content (AvgIpc) is 2.30. The van der Waals surface area contributed by atoms with Crippen LogP contribution in [0.5, 0.6) is 0 Å². The summed E-state index contributed by atoms with van der Waals surface area (Å²) in [5.41, 5.74) is 6.21. The summed E-state index contributed by atoms with van der Waals surface area (Å²) in [5, 5.41) is 2.61. The molecular formula is C11H16N2O3. The first-order chi connectivity index (χ1) is 7.74. The maximum absolute atomic E-state index is 11.6. The number of ether oxygens (including phenoxy) is 2. The predicted molar refractivity (Wildman–Crippen MR) is 59.7 cm³/mol. The van der Waals surface area contributed by atoms with Gasteiger partial charge in [-0.25, -0.2) is 0 Å². The normalized spacial score (nSPS) is 12.1.